The van der Waals surface area contributed by atoms with Crippen LogP contribution in [0, 0.1) is 6.92 Å². The van der Waals surface area contributed by atoms with Gasteiger partial charge in [0, 0.05) is 11.4 Å². The molecule has 0 aliphatic carbocycles. The van der Waals surface area contributed by atoms with E-state index in [2.05, 4.69) is 10.6 Å². The monoisotopic (exact) mass is 420 g/mol. The van der Waals surface area contributed by atoms with Crippen molar-refractivity contribution in [3.8, 4) is 0 Å². The number of nitrogens with one attached hydrogen (secondary N) is 2. The van der Waals surface area contributed by atoms with Crippen LogP contribution in [0.3, 0.4) is 0 Å². The van der Waals surface area contributed by atoms with Crippen molar-refractivity contribution < 1.29 is 27.3 Å². The summed E-state index contributed by atoms with van der Waals surface area (Å²) in [5.41, 5.74) is -0.681. The largest absolute Gasteiger partial charge is 0.494 e. The third kappa shape index (κ3) is 4.79. The molecule has 30 heavy (non-hydrogen) atoms. The highest BCUT2D eigenvalue weighted by atomic mass is 19.4. The van der Waals surface area contributed by atoms with Crippen LogP contribution in [-0.4, -0.2) is 24.4 Å². The summed E-state index contributed by atoms with van der Waals surface area (Å²) in [6.45, 7) is 9.13. The smallest absolute Gasteiger partial charge is 0.399 e. The second-order valence-electron chi connectivity index (χ2n) is 8.38. The first-order valence-electron chi connectivity index (χ1n) is 9.49. The Labute approximate surface area is 174 Å². The summed E-state index contributed by atoms with van der Waals surface area (Å²) in [6, 6.07) is 9.71. The van der Waals surface area contributed by atoms with Crippen LogP contribution in [0.5, 0.6) is 0 Å². The highest BCUT2D eigenvalue weighted by Crippen LogP contribution is 2.37. The van der Waals surface area contributed by atoms with E-state index < -0.39 is 36.1 Å². The second-order valence-corrected chi connectivity index (χ2v) is 8.38. The topological polar surface area (TPSA) is 59.6 Å². The third-order valence-corrected chi connectivity index (χ3v) is 5.34. The van der Waals surface area contributed by atoms with Gasteiger partial charge in [-0.1, -0.05) is 18.2 Å². The molecule has 160 valence electrons. The summed E-state index contributed by atoms with van der Waals surface area (Å²) in [5, 5.41) is 5.08. The highest BCUT2D eigenvalue weighted by molar-refractivity contribution is 6.62. The number of halogens is 3. The van der Waals surface area contributed by atoms with Gasteiger partial charge < -0.3 is 19.9 Å². The van der Waals surface area contributed by atoms with Crippen LogP contribution in [0.2, 0.25) is 0 Å². The van der Waals surface area contributed by atoms with Gasteiger partial charge in [-0.2, -0.15) is 13.2 Å². The number of carbonyl (C=O) groups is 1. The van der Waals surface area contributed by atoms with E-state index in [9.17, 15) is 18.0 Å². The number of urea groups is 1. The Kier molecular flexibility index (Phi) is 5.64. The molecule has 2 aromatic carbocycles. The molecule has 2 N–H and O–H groups in total. The van der Waals surface area contributed by atoms with Crippen LogP contribution in [0.1, 0.15) is 38.8 Å². The van der Waals surface area contributed by atoms with Gasteiger partial charge in [-0.15, -0.1) is 0 Å². The number of amides is 2. The number of hydrogen-bond donors (Lipinski definition) is 2. The molecule has 0 atom stereocenters. The minimum absolute atomic E-state index is 0.0142. The van der Waals surface area contributed by atoms with Crippen molar-refractivity contribution in [2.75, 3.05) is 10.6 Å². The fourth-order valence-corrected chi connectivity index (χ4v) is 3.02. The molecule has 1 fully saturated rings. The Morgan fingerprint density at radius 1 is 0.933 bits per heavy atom. The van der Waals surface area contributed by atoms with Crippen molar-refractivity contribution in [3.05, 3.63) is 53.6 Å². The zero-order chi connectivity index (χ0) is 22.3. The lowest BCUT2D eigenvalue weighted by atomic mass is 9.78. The average Bonchev–Trinajstić information content (AvgIpc) is 2.81. The fourth-order valence-electron chi connectivity index (χ4n) is 3.02. The van der Waals surface area contributed by atoms with Gasteiger partial charge in [-0.05, 0) is 69.9 Å². The van der Waals surface area contributed by atoms with Crippen molar-refractivity contribution >= 4 is 30.0 Å². The first kappa shape index (κ1) is 22.2. The SMILES string of the molecule is Cc1cccc(NC(=O)Nc2cc(B3OC(C)(C)C(C)(C)O3)cc(C(F)(F)F)c2)c1. The van der Waals surface area contributed by atoms with E-state index in [4.69, 9.17) is 9.31 Å². The van der Waals surface area contributed by atoms with Gasteiger partial charge >= 0.3 is 19.3 Å². The molecule has 1 saturated heterocycles. The Balaban J connectivity index is 1.87. The zero-order valence-corrected chi connectivity index (χ0v) is 17.5. The van der Waals surface area contributed by atoms with Crippen molar-refractivity contribution in [1.29, 1.82) is 0 Å². The lowest BCUT2D eigenvalue weighted by Gasteiger charge is -2.32. The molecule has 0 unspecified atom stereocenters. The van der Waals surface area contributed by atoms with E-state index in [0.717, 1.165) is 17.7 Å². The molecule has 1 aliphatic rings. The van der Waals surface area contributed by atoms with Gasteiger partial charge in [0.1, 0.15) is 0 Å². The molecule has 3 rings (SSSR count). The Morgan fingerprint density at radius 2 is 1.53 bits per heavy atom. The summed E-state index contributed by atoms with van der Waals surface area (Å²) in [6.07, 6.45) is -4.59. The number of aryl methyl sites for hydroxylation is 1. The van der Waals surface area contributed by atoms with Gasteiger partial charge in [0.25, 0.3) is 0 Å². The molecule has 5 nitrogen and oxygen atoms in total. The van der Waals surface area contributed by atoms with Crippen LogP contribution in [0.4, 0.5) is 29.3 Å². The van der Waals surface area contributed by atoms with E-state index in [-0.39, 0.29) is 11.2 Å². The number of alkyl halides is 3. The number of benzene rings is 2. The van der Waals surface area contributed by atoms with Crippen LogP contribution in [0.15, 0.2) is 42.5 Å². The van der Waals surface area contributed by atoms with Gasteiger partial charge in [0.2, 0.25) is 0 Å². The minimum atomic E-state index is -4.59. The van der Waals surface area contributed by atoms with E-state index in [1.807, 2.05) is 40.7 Å². The van der Waals surface area contributed by atoms with E-state index in [1.54, 1.807) is 18.2 Å². The predicted molar refractivity (Wildman–Crippen MR) is 111 cm³/mol. The molecule has 1 heterocycles. The van der Waals surface area contributed by atoms with Gasteiger partial charge in [0.05, 0.1) is 16.8 Å². The lowest BCUT2D eigenvalue weighted by Crippen LogP contribution is -2.41. The first-order chi connectivity index (χ1) is 13.8. The Morgan fingerprint density at radius 3 is 2.10 bits per heavy atom. The normalized spacial score (nSPS) is 17.7. The zero-order valence-electron chi connectivity index (χ0n) is 17.5. The molecule has 2 amide bonds. The maximum absolute atomic E-state index is 13.5. The van der Waals surface area contributed by atoms with Crippen LogP contribution >= 0.6 is 0 Å². The molecular weight excluding hydrogens is 396 g/mol. The van der Waals surface area contributed by atoms with Gasteiger partial charge in [0.15, 0.2) is 0 Å². The maximum atomic E-state index is 13.5. The summed E-state index contributed by atoms with van der Waals surface area (Å²) < 4.78 is 52.1. The number of rotatable bonds is 3. The third-order valence-electron chi connectivity index (χ3n) is 5.34. The molecule has 0 saturated carbocycles. The molecular formula is C21H24BF3N2O3. The summed E-state index contributed by atoms with van der Waals surface area (Å²) in [7, 11) is -0.988. The molecule has 0 spiro atoms. The summed E-state index contributed by atoms with van der Waals surface area (Å²) in [4.78, 5) is 12.3. The standard InChI is InChI=1S/C21H24BF3N2O3/c1-13-7-6-8-16(9-13)26-18(28)27-17-11-14(21(23,24)25)10-15(12-17)22-29-19(2,3)20(4,5)30-22/h6-12H,1-5H3,(H2,26,27,28). The Hall–Kier alpha value is -2.52. The predicted octanol–water partition coefficient (Wildman–Crippen LogP) is 4.96. The fraction of sp³-hybridized carbons (Fsp3) is 0.381. The van der Waals surface area contributed by atoms with Gasteiger partial charge in [-0.3, -0.25) is 0 Å². The summed E-state index contributed by atoms with van der Waals surface area (Å²) in [5.74, 6) is 0. The number of hydrogen-bond acceptors (Lipinski definition) is 3. The molecule has 0 bridgehead atoms. The second kappa shape index (κ2) is 7.63. The molecule has 9 heteroatoms. The average molecular weight is 420 g/mol. The maximum Gasteiger partial charge on any atom is 0.494 e. The van der Waals surface area contributed by atoms with Crippen molar-refractivity contribution in [2.24, 2.45) is 0 Å². The lowest BCUT2D eigenvalue weighted by molar-refractivity contribution is -0.137. The molecule has 2 aromatic rings. The molecule has 0 radical (unpaired) electrons. The highest BCUT2D eigenvalue weighted by Gasteiger charge is 2.52. The van der Waals surface area contributed by atoms with Crippen molar-refractivity contribution in [2.45, 2.75) is 52.0 Å². The number of carbonyl (C=O) groups excluding carboxylic acids is 1. The van der Waals surface area contributed by atoms with Crippen molar-refractivity contribution in [3.63, 3.8) is 0 Å². The minimum Gasteiger partial charge on any atom is -0.399 e. The quantitative estimate of drug-likeness (QED) is 0.691. The van der Waals surface area contributed by atoms with Crippen LogP contribution in [-0.2, 0) is 15.5 Å². The summed E-state index contributed by atoms with van der Waals surface area (Å²) >= 11 is 0. The first-order valence-corrected chi connectivity index (χ1v) is 9.49. The number of anilines is 2. The van der Waals surface area contributed by atoms with Crippen LogP contribution in [0.25, 0.3) is 0 Å². The van der Waals surface area contributed by atoms with Crippen LogP contribution < -0.4 is 16.1 Å². The van der Waals surface area contributed by atoms with E-state index >= 15 is 0 Å². The molecule has 1 aliphatic heterocycles. The van der Waals surface area contributed by atoms with E-state index in [1.165, 1.54) is 6.07 Å². The van der Waals surface area contributed by atoms with Gasteiger partial charge in [-0.25, -0.2) is 4.79 Å². The van der Waals surface area contributed by atoms with E-state index in [0.29, 0.717) is 5.69 Å². The molecule has 0 aromatic heterocycles. The van der Waals surface area contributed by atoms with Crippen molar-refractivity contribution in [1.82, 2.24) is 0 Å². The Bertz CT molecular complexity index is 945.